The maximum atomic E-state index is 11.6. The normalized spacial score (nSPS) is 10.9. The fourth-order valence-electron chi connectivity index (χ4n) is 1.35. The first-order valence-corrected chi connectivity index (χ1v) is 8.48. The predicted molar refractivity (Wildman–Crippen MR) is 78.8 cm³/mol. The molecule has 18 heavy (non-hydrogen) atoms. The van der Waals surface area contributed by atoms with Gasteiger partial charge in [0.05, 0.1) is 16.4 Å². The van der Waals surface area contributed by atoms with E-state index in [1.165, 1.54) is 0 Å². The predicted octanol–water partition coefficient (Wildman–Crippen LogP) is 2.26. The van der Waals surface area contributed by atoms with Crippen LogP contribution >= 0.6 is 11.8 Å². The van der Waals surface area contributed by atoms with Gasteiger partial charge in [0.25, 0.3) is 0 Å². The van der Waals surface area contributed by atoms with E-state index in [0.29, 0.717) is 4.90 Å². The molecule has 0 bridgehead atoms. The van der Waals surface area contributed by atoms with Gasteiger partial charge < -0.3 is 5.32 Å². The lowest BCUT2D eigenvalue weighted by atomic mass is 10.3. The fraction of sp³-hybridized carbons (Fsp3) is 0.385. The maximum Gasteiger partial charge on any atom is 0.178 e. The molecule has 0 saturated carbocycles. The largest absolute Gasteiger partial charge is 0.384 e. The minimum Gasteiger partial charge on any atom is -0.384 e. The number of sulfone groups is 1. The fourth-order valence-corrected chi connectivity index (χ4v) is 2.74. The summed E-state index contributed by atoms with van der Waals surface area (Å²) in [4.78, 5) is 0.372. The molecule has 0 atom stereocenters. The average molecular weight is 283 g/mol. The van der Waals surface area contributed by atoms with Gasteiger partial charge in [-0.3, -0.25) is 0 Å². The highest BCUT2D eigenvalue weighted by molar-refractivity contribution is 7.99. The van der Waals surface area contributed by atoms with Crippen molar-refractivity contribution in [2.75, 3.05) is 29.1 Å². The Morgan fingerprint density at radius 2 is 2.00 bits per heavy atom. The first kappa shape index (κ1) is 14.9. The summed E-state index contributed by atoms with van der Waals surface area (Å²) >= 11 is 1.69. The van der Waals surface area contributed by atoms with E-state index in [1.54, 1.807) is 43.0 Å². The van der Waals surface area contributed by atoms with Gasteiger partial charge >= 0.3 is 0 Å². The molecule has 1 N–H and O–H groups in total. The Morgan fingerprint density at radius 1 is 1.33 bits per heavy atom. The smallest absolute Gasteiger partial charge is 0.178 e. The first-order valence-electron chi connectivity index (χ1n) is 5.68. The van der Waals surface area contributed by atoms with Crippen molar-refractivity contribution in [2.24, 2.45) is 0 Å². The lowest BCUT2D eigenvalue weighted by Gasteiger charge is -2.07. The van der Waals surface area contributed by atoms with Crippen molar-refractivity contribution in [3.63, 3.8) is 0 Å². The zero-order chi connectivity index (χ0) is 13.4. The van der Waals surface area contributed by atoms with Crippen LogP contribution in [0.2, 0.25) is 0 Å². The van der Waals surface area contributed by atoms with Gasteiger partial charge in [-0.05, 0) is 24.3 Å². The molecule has 0 unspecified atom stereocenters. The first-order chi connectivity index (χ1) is 8.60. The summed E-state index contributed by atoms with van der Waals surface area (Å²) in [6, 6.07) is 6.84. The molecule has 5 heteroatoms. The highest BCUT2D eigenvalue weighted by Gasteiger charge is 2.10. The molecule has 1 aromatic rings. The van der Waals surface area contributed by atoms with Crippen LogP contribution in [0.1, 0.15) is 6.92 Å². The molecule has 3 nitrogen and oxygen atoms in total. The molecular weight excluding hydrogens is 266 g/mol. The number of anilines is 1. The summed E-state index contributed by atoms with van der Waals surface area (Å²) in [7, 11) is -3.10. The zero-order valence-corrected chi connectivity index (χ0v) is 12.0. The number of hydrogen-bond donors (Lipinski definition) is 1. The van der Waals surface area contributed by atoms with Crippen LogP contribution < -0.4 is 5.32 Å². The SMILES string of the molecule is C#CCSCCNc1ccc(S(=O)(=O)CC)cc1. The number of benzene rings is 1. The lowest BCUT2D eigenvalue weighted by Crippen LogP contribution is -2.06. The summed E-state index contributed by atoms with van der Waals surface area (Å²) in [6.07, 6.45) is 5.14. The Kier molecular flexibility index (Phi) is 6.10. The van der Waals surface area contributed by atoms with Crippen molar-refractivity contribution < 1.29 is 8.42 Å². The van der Waals surface area contributed by atoms with Gasteiger partial charge in [0.2, 0.25) is 0 Å². The standard InChI is InChI=1S/C13H17NO2S2/c1-3-10-17-11-9-14-12-5-7-13(8-6-12)18(15,16)4-2/h1,5-8,14H,4,9-11H2,2H3. The number of rotatable bonds is 7. The van der Waals surface area contributed by atoms with Crippen molar-refractivity contribution in [1.29, 1.82) is 0 Å². The third-order valence-corrected chi connectivity index (χ3v) is 4.97. The van der Waals surface area contributed by atoms with Crippen LogP contribution in [0.5, 0.6) is 0 Å². The van der Waals surface area contributed by atoms with E-state index in [4.69, 9.17) is 6.42 Å². The lowest BCUT2D eigenvalue weighted by molar-refractivity contribution is 0.597. The van der Waals surface area contributed by atoms with Crippen LogP contribution in [0.15, 0.2) is 29.2 Å². The van der Waals surface area contributed by atoms with Crippen molar-refractivity contribution in [2.45, 2.75) is 11.8 Å². The van der Waals surface area contributed by atoms with E-state index < -0.39 is 9.84 Å². The summed E-state index contributed by atoms with van der Waals surface area (Å²) in [5.41, 5.74) is 0.923. The van der Waals surface area contributed by atoms with Gasteiger partial charge in [-0.2, -0.15) is 0 Å². The van der Waals surface area contributed by atoms with Crippen LogP contribution in [-0.4, -0.2) is 32.2 Å². The van der Waals surface area contributed by atoms with Gasteiger partial charge in [-0.25, -0.2) is 8.42 Å². The topological polar surface area (TPSA) is 46.2 Å². The minimum absolute atomic E-state index is 0.127. The van der Waals surface area contributed by atoms with Crippen LogP contribution in [0.25, 0.3) is 0 Å². The summed E-state index contributed by atoms with van der Waals surface area (Å²) in [5, 5.41) is 3.22. The quantitative estimate of drug-likeness (QED) is 0.616. The second-order valence-electron chi connectivity index (χ2n) is 3.61. The zero-order valence-electron chi connectivity index (χ0n) is 10.3. The van der Waals surface area contributed by atoms with Crippen molar-refractivity contribution in [3.05, 3.63) is 24.3 Å². The van der Waals surface area contributed by atoms with Gasteiger partial charge in [-0.1, -0.05) is 12.8 Å². The molecule has 0 aliphatic rings. The molecule has 0 aromatic heterocycles. The number of thioether (sulfide) groups is 1. The van der Waals surface area contributed by atoms with E-state index >= 15 is 0 Å². The van der Waals surface area contributed by atoms with Crippen LogP contribution in [-0.2, 0) is 9.84 Å². The van der Waals surface area contributed by atoms with Crippen LogP contribution in [0, 0.1) is 12.3 Å². The molecule has 0 aliphatic heterocycles. The molecule has 0 aliphatic carbocycles. The molecule has 0 heterocycles. The summed E-state index contributed by atoms with van der Waals surface area (Å²) in [6.45, 7) is 2.45. The average Bonchev–Trinajstić information content (AvgIpc) is 2.39. The van der Waals surface area contributed by atoms with Crippen LogP contribution in [0.3, 0.4) is 0 Å². The molecule has 0 spiro atoms. The Morgan fingerprint density at radius 3 is 2.56 bits per heavy atom. The Labute approximate surface area is 113 Å². The molecular formula is C13H17NO2S2. The van der Waals surface area contributed by atoms with Gasteiger partial charge in [0.1, 0.15) is 0 Å². The van der Waals surface area contributed by atoms with E-state index in [-0.39, 0.29) is 5.75 Å². The van der Waals surface area contributed by atoms with Crippen molar-refractivity contribution >= 4 is 27.3 Å². The third-order valence-electron chi connectivity index (χ3n) is 2.35. The number of terminal acetylenes is 1. The van der Waals surface area contributed by atoms with Gasteiger partial charge in [-0.15, -0.1) is 18.2 Å². The molecule has 0 radical (unpaired) electrons. The van der Waals surface area contributed by atoms with Gasteiger partial charge in [0, 0.05) is 18.0 Å². The highest BCUT2D eigenvalue weighted by atomic mass is 32.2. The summed E-state index contributed by atoms with van der Waals surface area (Å²) < 4.78 is 23.2. The Balaban J connectivity index is 2.49. The highest BCUT2D eigenvalue weighted by Crippen LogP contribution is 2.15. The van der Waals surface area contributed by atoms with E-state index in [9.17, 15) is 8.42 Å². The molecule has 0 fully saturated rings. The molecule has 0 saturated heterocycles. The van der Waals surface area contributed by atoms with E-state index in [0.717, 1.165) is 23.7 Å². The second kappa shape index (κ2) is 7.34. The maximum absolute atomic E-state index is 11.6. The van der Waals surface area contributed by atoms with Crippen LogP contribution in [0.4, 0.5) is 5.69 Å². The number of hydrogen-bond acceptors (Lipinski definition) is 4. The van der Waals surface area contributed by atoms with Gasteiger partial charge in [0.15, 0.2) is 9.84 Å². The Bertz CT molecular complexity index is 501. The van der Waals surface area contributed by atoms with E-state index in [2.05, 4.69) is 11.2 Å². The Hall–Kier alpha value is -1.12. The van der Waals surface area contributed by atoms with E-state index in [1.807, 2.05) is 0 Å². The molecule has 0 amide bonds. The van der Waals surface area contributed by atoms with Crippen molar-refractivity contribution in [3.8, 4) is 12.3 Å². The summed E-state index contributed by atoms with van der Waals surface area (Å²) in [5.74, 6) is 4.34. The van der Waals surface area contributed by atoms with Crippen molar-refractivity contribution in [1.82, 2.24) is 0 Å². The second-order valence-corrected chi connectivity index (χ2v) is 6.99. The molecule has 1 rings (SSSR count). The molecule has 1 aromatic carbocycles. The number of nitrogens with one attached hydrogen (secondary N) is 1. The minimum atomic E-state index is -3.10. The molecule has 98 valence electrons. The third kappa shape index (κ3) is 4.63. The monoisotopic (exact) mass is 283 g/mol.